The van der Waals surface area contributed by atoms with Crippen LogP contribution in [-0.2, 0) is 0 Å². The molecule has 0 bridgehead atoms. The van der Waals surface area contributed by atoms with Gasteiger partial charge in [-0.1, -0.05) is 0 Å². The van der Waals surface area contributed by atoms with Gasteiger partial charge in [0.25, 0.3) is 5.69 Å². The third kappa shape index (κ3) is 2.76. The van der Waals surface area contributed by atoms with E-state index in [1.807, 2.05) is 0 Å². The SMILES string of the molecule is N#Cc1cc(Nc2ccc(F)c(F)c2F)ccc1[N+](=O)[O-]. The van der Waals surface area contributed by atoms with Crippen LogP contribution in [0.5, 0.6) is 0 Å². The van der Waals surface area contributed by atoms with Gasteiger partial charge in [0.1, 0.15) is 11.6 Å². The van der Waals surface area contributed by atoms with Gasteiger partial charge in [-0.15, -0.1) is 0 Å². The highest BCUT2D eigenvalue weighted by atomic mass is 19.2. The fourth-order valence-electron chi connectivity index (χ4n) is 1.64. The molecule has 0 fully saturated rings. The minimum absolute atomic E-state index is 0.127. The Morgan fingerprint density at radius 3 is 2.48 bits per heavy atom. The molecule has 0 unspecified atom stereocenters. The first kappa shape index (κ1) is 14.3. The van der Waals surface area contributed by atoms with Gasteiger partial charge in [-0.2, -0.15) is 5.26 Å². The van der Waals surface area contributed by atoms with E-state index in [-0.39, 0.29) is 16.9 Å². The summed E-state index contributed by atoms with van der Waals surface area (Å²) >= 11 is 0. The maximum Gasteiger partial charge on any atom is 0.287 e. The molecule has 2 aromatic rings. The van der Waals surface area contributed by atoms with Gasteiger partial charge in [-0.05, 0) is 24.3 Å². The maximum atomic E-state index is 13.5. The molecule has 0 aliphatic rings. The van der Waals surface area contributed by atoms with Gasteiger partial charge in [0.05, 0.1) is 10.6 Å². The Balaban J connectivity index is 2.40. The fraction of sp³-hybridized carbons (Fsp3) is 0. The van der Waals surface area contributed by atoms with Crippen molar-refractivity contribution >= 4 is 17.1 Å². The Hall–Kier alpha value is -3.08. The smallest absolute Gasteiger partial charge is 0.287 e. The summed E-state index contributed by atoms with van der Waals surface area (Å²) in [5, 5.41) is 21.9. The van der Waals surface area contributed by atoms with E-state index in [4.69, 9.17) is 5.26 Å². The summed E-state index contributed by atoms with van der Waals surface area (Å²) in [6.45, 7) is 0. The van der Waals surface area contributed by atoms with Crippen molar-refractivity contribution in [1.29, 1.82) is 5.26 Å². The van der Waals surface area contributed by atoms with Gasteiger partial charge < -0.3 is 5.32 Å². The first-order chi connectivity index (χ1) is 9.93. The van der Waals surface area contributed by atoms with E-state index in [1.165, 1.54) is 6.07 Å². The van der Waals surface area contributed by atoms with Gasteiger partial charge in [0.15, 0.2) is 17.5 Å². The van der Waals surface area contributed by atoms with Crippen LogP contribution in [0, 0.1) is 38.9 Å². The summed E-state index contributed by atoms with van der Waals surface area (Å²) in [7, 11) is 0. The minimum Gasteiger partial charge on any atom is -0.353 e. The van der Waals surface area contributed by atoms with Gasteiger partial charge in [0, 0.05) is 11.8 Å². The van der Waals surface area contributed by atoms with Crippen LogP contribution in [0.3, 0.4) is 0 Å². The molecule has 8 heteroatoms. The first-order valence-corrected chi connectivity index (χ1v) is 5.53. The number of nitriles is 1. The highest BCUT2D eigenvalue weighted by Crippen LogP contribution is 2.27. The van der Waals surface area contributed by atoms with Crippen molar-refractivity contribution in [3.8, 4) is 6.07 Å². The summed E-state index contributed by atoms with van der Waals surface area (Å²) in [6, 6.07) is 6.72. The topological polar surface area (TPSA) is 79.0 Å². The van der Waals surface area contributed by atoms with Crippen molar-refractivity contribution in [2.75, 3.05) is 5.32 Å². The number of nitro benzene ring substituents is 1. The normalized spacial score (nSPS) is 10.0. The van der Waals surface area contributed by atoms with Crippen LogP contribution in [0.4, 0.5) is 30.2 Å². The molecule has 0 saturated heterocycles. The quantitative estimate of drug-likeness (QED) is 0.532. The number of nitrogens with zero attached hydrogens (tertiary/aromatic N) is 2. The van der Waals surface area contributed by atoms with E-state index in [0.29, 0.717) is 0 Å². The lowest BCUT2D eigenvalue weighted by atomic mass is 10.1. The number of rotatable bonds is 3. The van der Waals surface area contributed by atoms with Gasteiger partial charge in [0.2, 0.25) is 0 Å². The number of hydrogen-bond acceptors (Lipinski definition) is 4. The average molecular weight is 293 g/mol. The maximum absolute atomic E-state index is 13.5. The molecule has 0 aromatic heterocycles. The molecule has 0 heterocycles. The molecule has 106 valence electrons. The summed E-state index contributed by atoms with van der Waals surface area (Å²) < 4.78 is 39.4. The monoisotopic (exact) mass is 293 g/mol. The number of nitro groups is 1. The molecule has 0 amide bonds. The highest BCUT2D eigenvalue weighted by molar-refractivity contribution is 5.65. The molecule has 0 aliphatic heterocycles. The standard InChI is InChI=1S/C13H6F3N3O2/c14-9-2-3-10(13(16)12(9)15)18-8-1-4-11(19(20)21)7(5-8)6-17/h1-5,18H. The van der Waals surface area contributed by atoms with Gasteiger partial charge in [-0.3, -0.25) is 10.1 Å². The van der Waals surface area contributed by atoms with Crippen LogP contribution in [0.2, 0.25) is 0 Å². The molecule has 1 N–H and O–H groups in total. The lowest BCUT2D eigenvalue weighted by Crippen LogP contribution is -2.00. The second kappa shape index (κ2) is 5.50. The third-order valence-electron chi connectivity index (χ3n) is 2.63. The van der Waals surface area contributed by atoms with Crippen molar-refractivity contribution in [2.24, 2.45) is 0 Å². The predicted octanol–water partition coefficient (Wildman–Crippen LogP) is 3.63. The van der Waals surface area contributed by atoms with Crippen LogP contribution >= 0.6 is 0 Å². The largest absolute Gasteiger partial charge is 0.353 e. The van der Waals surface area contributed by atoms with Crippen molar-refractivity contribution in [3.63, 3.8) is 0 Å². The molecule has 0 radical (unpaired) electrons. The zero-order valence-electron chi connectivity index (χ0n) is 10.2. The molecule has 0 saturated carbocycles. The van der Waals surface area contributed by atoms with Crippen molar-refractivity contribution in [1.82, 2.24) is 0 Å². The van der Waals surface area contributed by atoms with Crippen molar-refractivity contribution < 1.29 is 18.1 Å². The van der Waals surface area contributed by atoms with E-state index in [1.54, 1.807) is 6.07 Å². The Labute approximate surface area is 116 Å². The number of anilines is 2. The zero-order valence-corrected chi connectivity index (χ0v) is 10.2. The Morgan fingerprint density at radius 1 is 1.14 bits per heavy atom. The van der Waals surface area contributed by atoms with E-state index in [9.17, 15) is 23.3 Å². The molecule has 0 aliphatic carbocycles. The summed E-state index contributed by atoms with van der Waals surface area (Å²) in [6.07, 6.45) is 0. The highest BCUT2D eigenvalue weighted by Gasteiger charge is 2.16. The number of nitrogens with one attached hydrogen (secondary N) is 1. The van der Waals surface area contributed by atoms with E-state index >= 15 is 0 Å². The minimum atomic E-state index is -1.64. The average Bonchev–Trinajstić information content (AvgIpc) is 2.47. The third-order valence-corrected chi connectivity index (χ3v) is 2.63. The molecule has 21 heavy (non-hydrogen) atoms. The molecular formula is C13H6F3N3O2. The van der Waals surface area contributed by atoms with Gasteiger partial charge in [-0.25, -0.2) is 13.2 Å². The molecule has 5 nitrogen and oxygen atoms in total. The van der Waals surface area contributed by atoms with Crippen LogP contribution in [0.1, 0.15) is 5.56 Å². The van der Waals surface area contributed by atoms with Gasteiger partial charge >= 0.3 is 0 Å². The Bertz CT molecular complexity index is 772. The van der Waals surface area contributed by atoms with Crippen LogP contribution < -0.4 is 5.32 Å². The lowest BCUT2D eigenvalue weighted by molar-refractivity contribution is -0.385. The predicted molar refractivity (Wildman–Crippen MR) is 67.4 cm³/mol. The van der Waals surface area contributed by atoms with Crippen LogP contribution in [-0.4, -0.2) is 4.92 Å². The fourth-order valence-corrected chi connectivity index (χ4v) is 1.64. The van der Waals surface area contributed by atoms with E-state index < -0.39 is 28.1 Å². The second-order valence-corrected chi connectivity index (χ2v) is 3.95. The van der Waals surface area contributed by atoms with Crippen molar-refractivity contribution in [2.45, 2.75) is 0 Å². The Morgan fingerprint density at radius 2 is 1.86 bits per heavy atom. The molecule has 2 aromatic carbocycles. The van der Waals surface area contributed by atoms with Crippen LogP contribution in [0.25, 0.3) is 0 Å². The Kier molecular flexibility index (Phi) is 3.75. The summed E-state index contributed by atoms with van der Waals surface area (Å²) in [5.74, 6) is -4.39. The molecule has 0 spiro atoms. The number of hydrogen-bond donors (Lipinski definition) is 1. The van der Waals surface area contributed by atoms with Crippen LogP contribution in [0.15, 0.2) is 30.3 Å². The number of halogens is 3. The summed E-state index contributed by atoms with van der Waals surface area (Å²) in [4.78, 5) is 9.93. The lowest BCUT2D eigenvalue weighted by Gasteiger charge is -2.08. The van der Waals surface area contributed by atoms with E-state index in [0.717, 1.165) is 24.3 Å². The molecule has 0 atom stereocenters. The molecule has 2 rings (SSSR count). The zero-order chi connectivity index (χ0) is 15.6. The molecular weight excluding hydrogens is 287 g/mol. The van der Waals surface area contributed by atoms with E-state index in [2.05, 4.69) is 5.32 Å². The second-order valence-electron chi connectivity index (χ2n) is 3.95. The number of benzene rings is 2. The first-order valence-electron chi connectivity index (χ1n) is 5.53. The summed E-state index contributed by atoms with van der Waals surface area (Å²) in [5.41, 5.74) is -0.879. The van der Waals surface area contributed by atoms with Crippen molar-refractivity contribution in [3.05, 3.63) is 63.5 Å².